The highest BCUT2D eigenvalue weighted by molar-refractivity contribution is 5.29. The van der Waals surface area contributed by atoms with E-state index in [0.29, 0.717) is 5.70 Å². The minimum absolute atomic E-state index is 0.569. The lowest BCUT2D eigenvalue weighted by Gasteiger charge is -1.89. The van der Waals surface area contributed by atoms with Gasteiger partial charge in [-0.3, -0.25) is 0 Å². The summed E-state index contributed by atoms with van der Waals surface area (Å²) in [6.07, 6.45) is 8.95. The van der Waals surface area contributed by atoms with Crippen LogP contribution in [0.25, 0.3) is 0 Å². The molecule has 0 atom stereocenters. The predicted molar refractivity (Wildman–Crippen MR) is 61.6 cm³/mol. The molecule has 2 heteroatoms. The molecule has 1 aliphatic heterocycles. The molecule has 1 aliphatic rings. The van der Waals surface area contributed by atoms with Crippen LogP contribution in [-0.2, 0) is 0 Å². The first-order valence-corrected chi connectivity index (χ1v) is 4.63. The Morgan fingerprint density at radius 1 is 0.867 bits per heavy atom. The summed E-state index contributed by atoms with van der Waals surface area (Å²) in [4.78, 5) is 0. The lowest BCUT2D eigenvalue weighted by Crippen LogP contribution is -2.00. The first-order chi connectivity index (χ1) is 7.43. The summed E-state index contributed by atoms with van der Waals surface area (Å²) in [5.74, 6) is 0. The van der Waals surface area contributed by atoms with Crippen LogP contribution < -0.4 is 5.32 Å². The summed E-state index contributed by atoms with van der Waals surface area (Å²) in [5.41, 5.74) is 0.569. The van der Waals surface area contributed by atoms with Gasteiger partial charge >= 0.3 is 0 Å². The van der Waals surface area contributed by atoms with Crippen molar-refractivity contribution in [2.24, 2.45) is 0 Å². The monoisotopic (exact) mass is 196 g/mol. The molecule has 1 heterocycles. The van der Waals surface area contributed by atoms with E-state index in [9.17, 15) is 0 Å². The van der Waals surface area contributed by atoms with Gasteiger partial charge in [0.25, 0.3) is 0 Å². The van der Waals surface area contributed by atoms with Crippen molar-refractivity contribution in [2.45, 2.75) is 0 Å². The summed E-state index contributed by atoms with van der Waals surface area (Å²) < 4.78 is 0. The molecule has 74 valence electrons. The van der Waals surface area contributed by atoms with Crippen LogP contribution in [0.4, 0.5) is 0 Å². The minimum Gasteiger partial charge on any atom is -0.353 e. The molecule has 0 radical (unpaired) electrons. The zero-order valence-corrected chi connectivity index (χ0v) is 8.30. The Hall–Kier alpha value is -2.27. The molecule has 1 aromatic carbocycles. The van der Waals surface area contributed by atoms with Crippen molar-refractivity contribution in [3.8, 4) is 6.07 Å². The lowest BCUT2D eigenvalue weighted by molar-refractivity contribution is 1.12. The quantitative estimate of drug-likeness (QED) is 0.692. The second-order valence-corrected chi connectivity index (χ2v) is 2.74. The minimum atomic E-state index is 0.569. The average Bonchev–Trinajstić information content (AvgIpc) is 2.60. The summed E-state index contributed by atoms with van der Waals surface area (Å²) in [6.45, 7) is 0. The van der Waals surface area contributed by atoms with Crippen LogP contribution in [0.5, 0.6) is 0 Å². The number of nitrogens with one attached hydrogen (secondary N) is 1. The van der Waals surface area contributed by atoms with Crippen LogP contribution in [-0.4, -0.2) is 0 Å². The first kappa shape index (κ1) is 10.8. The van der Waals surface area contributed by atoms with E-state index >= 15 is 0 Å². The molecule has 0 fully saturated rings. The third-order valence-corrected chi connectivity index (χ3v) is 1.61. The average molecular weight is 196 g/mol. The zero-order valence-electron chi connectivity index (χ0n) is 8.30. The molecule has 0 spiro atoms. The van der Waals surface area contributed by atoms with Gasteiger partial charge in [-0.15, -0.1) is 0 Å². The van der Waals surface area contributed by atoms with Crippen LogP contribution >= 0.6 is 0 Å². The van der Waals surface area contributed by atoms with E-state index in [-0.39, 0.29) is 0 Å². The Labute approximate surface area is 89.9 Å². The van der Waals surface area contributed by atoms with Crippen LogP contribution in [0.1, 0.15) is 0 Å². The maximum absolute atomic E-state index is 8.37. The standard InChI is InChI=1S/C7H6N2.C6H6/c8-6-7-4-2-1-3-5-9-7;1-2-4-6-5-3-1/h1-5,9H;1-6H. The van der Waals surface area contributed by atoms with Gasteiger partial charge < -0.3 is 5.32 Å². The van der Waals surface area contributed by atoms with E-state index < -0.39 is 0 Å². The SMILES string of the molecule is N#CC1=CC=CC=CN1.c1ccccc1. The molecule has 0 saturated heterocycles. The molecule has 2 rings (SSSR count). The third kappa shape index (κ3) is 5.12. The second kappa shape index (κ2) is 7.16. The van der Waals surface area contributed by atoms with Crippen molar-refractivity contribution >= 4 is 0 Å². The van der Waals surface area contributed by atoms with E-state index in [2.05, 4.69) is 5.32 Å². The van der Waals surface area contributed by atoms with Gasteiger partial charge in [0.15, 0.2) is 0 Å². The van der Waals surface area contributed by atoms with Crippen molar-refractivity contribution in [2.75, 3.05) is 0 Å². The smallest absolute Gasteiger partial charge is 0.117 e. The molecule has 0 bridgehead atoms. The molecule has 0 aliphatic carbocycles. The van der Waals surface area contributed by atoms with Gasteiger partial charge in [0.2, 0.25) is 0 Å². The van der Waals surface area contributed by atoms with Crippen molar-refractivity contribution < 1.29 is 0 Å². The van der Waals surface area contributed by atoms with Crippen molar-refractivity contribution in [3.05, 3.63) is 72.6 Å². The molecule has 0 aromatic heterocycles. The fourth-order valence-corrected chi connectivity index (χ4v) is 0.912. The highest BCUT2D eigenvalue weighted by Gasteiger charge is 1.87. The second-order valence-electron chi connectivity index (χ2n) is 2.74. The summed E-state index contributed by atoms with van der Waals surface area (Å²) in [6, 6.07) is 14.0. The van der Waals surface area contributed by atoms with Gasteiger partial charge in [0.1, 0.15) is 11.8 Å². The van der Waals surface area contributed by atoms with E-state index in [0.717, 1.165) is 0 Å². The van der Waals surface area contributed by atoms with E-state index in [4.69, 9.17) is 5.26 Å². The summed E-state index contributed by atoms with van der Waals surface area (Å²) >= 11 is 0. The Balaban J connectivity index is 0.000000162. The highest BCUT2D eigenvalue weighted by atomic mass is 14.8. The van der Waals surface area contributed by atoms with Gasteiger partial charge in [-0.05, 0) is 12.2 Å². The number of allylic oxidation sites excluding steroid dienone is 5. The number of nitrogens with zero attached hydrogens (tertiary/aromatic N) is 1. The van der Waals surface area contributed by atoms with Gasteiger partial charge in [-0.1, -0.05) is 48.6 Å². The molecular weight excluding hydrogens is 184 g/mol. The van der Waals surface area contributed by atoms with Crippen molar-refractivity contribution in [3.63, 3.8) is 0 Å². The topological polar surface area (TPSA) is 35.8 Å². The van der Waals surface area contributed by atoms with Crippen LogP contribution in [0.3, 0.4) is 0 Å². The van der Waals surface area contributed by atoms with Crippen molar-refractivity contribution in [1.82, 2.24) is 5.32 Å². The fourth-order valence-electron chi connectivity index (χ4n) is 0.912. The number of nitriles is 1. The van der Waals surface area contributed by atoms with Gasteiger partial charge in [0, 0.05) is 6.20 Å². The normalized spacial score (nSPS) is 12.3. The fraction of sp³-hybridized carbons (Fsp3) is 0. The molecule has 1 N–H and O–H groups in total. The van der Waals surface area contributed by atoms with E-state index in [1.54, 1.807) is 12.3 Å². The van der Waals surface area contributed by atoms with Crippen LogP contribution in [0.15, 0.2) is 72.6 Å². The number of hydrogen-bond acceptors (Lipinski definition) is 2. The third-order valence-electron chi connectivity index (χ3n) is 1.61. The summed E-state index contributed by atoms with van der Waals surface area (Å²) in [7, 11) is 0. The number of benzene rings is 1. The highest BCUT2D eigenvalue weighted by Crippen LogP contribution is 1.91. The van der Waals surface area contributed by atoms with Gasteiger partial charge in [0.05, 0.1) is 0 Å². The molecule has 0 amide bonds. The number of rotatable bonds is 0. The van der Waals surface area contributed by atoms with E-state index in [1.165, 1.54) is 0 Å². The molecule has 1 aromatic rings. The van der Waals surface area contributed by atoms with Gasteiger partial charge in [-0.2, -0.15) is 5.26 Å². The molecular formula is C13H12N2. The molecule has 0 unspecified atom stereocenters. The Kier molecular flexibility index (Phi) is 5.16. The molecule has 0 saturated carbocycles. The Morgan fingerprint density at radius 2 is 1.47 bits per heavy atom. The largest absolute Gasteiger partial charge is 0.353 e. The van der Waals surface area contributed by atoms with E-state index in [1.807, 2.05) is 60.7 Å². The van der Waals surface area contributed by atoms with Gasteiger partial charge in [-0.25, -0.2) is 0 Å². The summed E-state index contributed by atoms with van der Waals surface area (Å²) in [5, 5.41) is 11.2. The Morgan fingerprint density at radius 3 is 2.00 bits per heavy atom. The molecule has 2 nitrogen and oxygen atoms in total. The predicted octanol–water partition coefficient (Wildman–Crippen LogP) is 2.75. The maximum Gasteiger partial charge on any atom is 0.117 e. The van der Waals surface area contributed by atoms with Crippen LogP contribution in [0.2, 0.25) is 0 Å². The number of hydrogen-bond donors (Lipinski definition) is 1. The first-order valence-electron chi connectivity index (χ1n) is 4.63. The Bertz CT molecular complexity index is 368. The maximum atomic E-state index is 8.37. The molecule has 15 heavy (non-hydrogen) atoms. The zero-order chi connectivity index (χ0) is 10.8. The van der Waals surface area contributed by atoms with Crippen LogP contribution in [0, 0.1) is 11.3 Å². The van der Waals surface area contributed by atoms with Crippen molar-refractivity contribution in [1.29, 1.82) is 5.26 Å². The lowest BCUT2D eigenvalue weighted by atomic mass is 10.4.